The van der Waals surface area contributed by atoms with Crippen LogP contribution in [0.25, 0.3) is 0 Å². The average Bonchev–Trinajstić information content (AvgIpc) is 2.90. The minimum absolute atomic E-state index is 0.145. The molecule has 5 amide bonds. The van der Waals surface area contributed by atoms with Crippen LogP contribution < -0.4 is 15.3 Å². The normalized spacial score (nSPS) is 17.5. The number of urea groups is 1. The Morgan fingerprint density at radius 2 is 1.80 bits per heavy atom. The van der Waals surface area contributed by atoms with E-state index in [-0.39, 0.29) is 29.8 Å². The smallest absolute Gasteiger partial charge is 0.534 e. The van der Waals surface area contributed by atoms with E-state index in [1.807, 2.05) is 5.32 Å². The van der Waals surface area contributed by atoms with E-state index in [4.69, 9.17) is 4.65 Å². The molecule has 2 aromatic carbocycles. The van der Waals surface area contributed by atoms with Gasteiger partial charge in [-0.05, 0) is 18.1 Å². The Kier molecular flexibility index (Phi) is 8.37. The maximum Gasteiger partial charge on any atom is 0.547 e. The van der Waals surface area contributed by atoms with E-state index in [2.05, 4.69) is 5.32 Å². The fraction of sp³-hybridized carbons (Fsp3) is 0.292. The van der Waals surface area contributed by atoms with E-state index < -0.39 is 91.5 Å². The van der Waals surface area contributed by atoms with E-state index in [0.717, 1.165) is 4.90 Å². The third-order valence-electron chi connectivity index (χ3n) is 6.47. The highest BCUT2D eigenvalue weighted by atomic mass is 19.1. The van der Waals surface area contributed by atoms with Crippen molar-refractivity contribution in [1.82, 2.24) is 20.4 Å². The second-order valence-corrected chi connectivity index (χ2v) is 9.07. The van der Waals surface area contributed by atoms with Crippen molar-refractivity contribution in [2.75, 3.05) is 26.3 Å². The number of para-hydroxylation sites is 1. The molecule has 0 aliphatic carbocycles. The molecule has 0 aromatic heterocycles. The highest BCUT2D eigenvalue weighted by Gasteiger charge is 2.42. The zero-order chi connectivity index (χ0) is 30.0. The Morgan fingerprint density at radius 3 is 2.44 bits per heavy atom. The zero-order valence-corrected chi connectivity index (χ0v) is 21.0. The number of aromatic hydroxyl groups is 1. The Morgan fingerprint density at radius 1 is 1.12 bits per heavy atom. The summed E-state index contributed by atoms with van der Waals surface area (Å²) in [5.74, 6) is -10.4. The van der Waals surface area contributed by atoms with Crippen molar-refractivity contribution in [1.29, 1.82) is 0 Å². The number of piperazine rings is 1. The number of nitrogens with zero attached hydrogens (tertiary/aromatic N) is 2. The van der Waals surface area contributed by atoms with E-state index in [0.29, 0.717) is 17.0 Å². The number of nitrogens with one attached hydrogen (secondary N) is 2. The first-order valence-corrected chi connectivity index (χ1v) is 12.1. The van der Waals surface area contributed by atoms with Crippen LogP contribution in [0.4, 0.5) is 18.0 Å². The Balaban J connectivity index is 1.60. The van der Waals surface area contributed by atoms with Crippen LogP contribution in [0.5, 0.6) is 11.5 Å². The number of carbonyl (C=O) groups is 5. The van der Waals surface area contributed by atoms with Crippen LogP contribution in [0.15, 0.2) is 30.3 Å². The molecule has 2 aromatic rings. The van der Waals surface area contributed by atoms with Gasteiger partial charge in [-0.3, -0.25) is 19.3 Å². The number of carbonyl (C=O) groups excluding carboxylic acids is 4. The number of benzene rings is 2. The van der Waals surface area contributed by atoms with Crippen LogP contribution in [-0.2, 0) is 20.8 Å². The summed E-state index contributed by atoms with van der Waals surface area (Å²) in [4.78, 5) is 63.7. The fourth-order valence-corrected chi connectivity index (χ4v) is 4.48. The molecule has 0 bridgehead atoms. The van der Waals surface area contributed by atoms with E-state index in [1.54, 1.807) is 0 Å². The molecule has 17 heteroatoms. The molecule has 2 aliphatic heterocycles. The van der Waals surface area contributed by atoms with Crippen LogP contribution >= 0.6 is 0 Å². The van der Waals surface area contributed by atoms with Crippen molar-refractivity contribution in [3.05, 3.63) is 58.7 Å². The monoisotopic (exact) mass is 578 g/mol. The first-order chi connectivity index (χ1) is 19.4. The molecular weight excluding hydrogens is 556 g/mol. The Labute approximate surface area is 229 Å². The van der Waals surface area contributed by atoms with Crippen LogP contribution in [0, 0.1) is 11.6 Å². The van der Waals surface area contributed by atoms with Crippen molar-refractivity contribution in [3.63, 3.8) is 0 Å². The highest BCUT2D eigenvalue weighted by Crippen LogP contribution is 2.31. The summed E-state index contributed by atoms with van der Waals surface area (Å²) in [6, 6.07) is 1.46. The van der Waals surface area contributed by atoms with E-state index >= 15 is 0 Å². The number of alkyl halides is 1. The maximum atomic E-state index is 14.8. The topological polar surface area (TPSA) is 186 Å². The number of hydrogen-bond donors (Lipinski definition) is 5. The van der Waals surface area contributed by atoms with Crippen molar-refractivity contribution < 1.29 is 57.0 Å². The molecule has 1 fully saturated rings. The quantitative estimate of drug-likeness (QED) is 0.221. The molecule has 2 heterocycles. The average molecular weight is 578 g/mol. The minimum Gasteiger partial charge on any atom is -0.534 e. The van der Waals surface area contributed by atoms with Gasteiger partial charge in [-0.1, -0.05) is 12.1 Å². The van der Waals surface area contributed by atoms with Gasteiger partial charge >= 0.3 is 30.9 Å². The van der Waals surface area contributed by atoms with Gasteiger partial charge in [0.1, 0.15) is 35.8 Å². The Hall–Kier alpha value is -4.80. The molecule has 4 rings (SSSR count). The SMILES string of the molecule is O=C(O)c1cccc2c1OB(O)[C@@H](NC(=O)C(NC(=O)N1CCN(CCF)C(=O)C1=O)c1c(F)cc(O)cc1F)C2. The molecule has 216 valence electrons. The Bertz CT molecular complexity index is 1410. The fourth-order valence-electron chi connectivity index (χ4n) is 4.48. The minimum atomic E-state index is -2.20. The van der Waals surface area contributed by atoms with E-state index in [9.17, 15) is 52.4 Å². The second-order valence-electron chi connectivity index (χ2n) is 9.07. The molecule has 2 atom stereocenters. The number of amides is 5. The lowest BCUT2D eigenvalue weighted by molar-refractivity contribution is -0.153. The van der Waals surface area contributed by atoms with Gasteiger partial charge in [0, 0.05) is 31.8 Å². The van der Waals surface area contributed by atoms with Crippen LogP contribution in [0.3, 0.4) is 0 Å². The van der Waals surface area contributed by atoms with Crippen LogP contribution in [0.1, 0.15) is 27.5 Å². The summed E-state index contributed by atoms with van der Waals surface area (Å²) in [5.41, 5.74) is -1.02. The molecule has 1 unspecified atom stereocenters. The summed E-state index contributed by atoms with van der Waals surface area (Å²) < 4.78 is 47.6. The van der Waals surface area contributed by atoms with Gasteiger partial charge < -0.3 is 35.4 Å². The number of carboxylic acids is 1. The number of rotatable bonds is 7. The lowest BCUT2D eigenvalue weighted by Gasteiger charge is -2.33. The van der Waals surface area contributed by atoms with Crippen LogP contribution in [-0.4, -0.2) is 94.1 Å². The number of fused-ring (bicyclic) bond motifs is 1. The maximum absolute atomic E-state index is 14.8. The molecule has 41 heavy (non-hydrogen) atoms. The second kappa shape index (κ2) is 11.8. The number of imide groups is 1. The zero-order valence-electron chi connectivity index (χ0n) is 21.0. The van der Waals surface area contributed by atoms with Gasteiger partial charge in [0.2, 0.25) is 5.91 Å². The third-order valence-corrected chi connectivity index (χ3v) is 6.47. The number of halogens is 3. The summed E-state index contributed by atoms with van der Waals surface area (Å²) in [7, 11) is -1.82. The van der Waals surface area contributed by atoms with Crippen molar-refractivity contribution >= 4 is 36.8 Å². The highest BCUT2D eigenvalue weighted by molar-refractivity contribution is 6.47. The molecule has 0 radical (unpaired) electrons. The van der Waals surface area contributed by atoms with Crippen molar-refractivity contribution in [3.8, 4) is 11.5 Å². The standard InChI is InChI=1S/C24H22BF3N4O9/c26-4-5-31-6-7-32(22(36)21(31)35)24(39)30-18(17-14(27)9-12(33)10-15(17)28)20(34)29-16-8-11-2-1-3-13(23(37)38)19(11)41-25(16)40/h1-3,9-10,16,18,33,40H,4-8H2,(H,29,34)(H,30,39)(H,37,38)/t16-,18?/m0/s1. The first-order valence-electron chi connectivity index (χ1n) is 12.1. The van der Waals surface area contributed by atoms with Gasteiger partial charge in [0.15, 0.2) is 0 Å². The van der Waals surface area contributed by atoms with Gasteiger partial charge in [-0.25, -0.2) is 22.8 Å². The molecular formula is C24H22BF3N4O9. The lowest BCUT2D eigenvalue weighted by Crippen LogP contribution is -2.60. The molecule has 5 N–H and O–H groups in total. The first kappa shape index (κ1) is 29.2. The van der Waals surface area contributed by atoms with Crippen molar-refractivity contribution in [2.24, 2.45) is 0 Å². The number of phenolic OH excluding ortho intramolecular Hbond substituents is 1. The van der Waals surface area contributed by atoms with Gasteiger partial charge in [0.05, 0.1) is 17.1 Å². The van der Waals surface area contributed by atoms with Crippen molar-refractivity contribution in [2.45, 2.75) is 18.4 Å². The predicted molar refractivity (Wildman–Crippen MR) is 131 cm³/mol. The van der Waals surface area contributed by atoms with Gasteiger partial charge in [-0.15, -0.1) is 0 Å². The largest absolute Gasteiger partial charge is 0.547 e. The number of hydrogen-bond acceptors (Lipinski definition) is 8. The van der Waals surface area contributed by atoms with Gasteiger partial charge in [-0.2, -0.15) is 0 Å². The number of phenols is 1. The molecule has 0 saturated carbocycles. The third kappa shape index (κ3) is 5.89. The van der Waals surface area contributed by atoms with Gasteiger partial charge in [0.25, 0.3) is 0 Å². The molecule has 2 aliphatic rings. The lowest BCUT2D eigenvalue weighted by atomic mass is 9.72. The number of aromatic carboxylic acids is 1. The molecule has 13 nitrogen and oxygen atoms in total. The summed E-state index contributed by atoms with van der Waals surface area (Å²) in [5, 5.41) is 33.6. The molecule has 0 spiro atoms. The van der Waals surface area contributed by atoms with E-state index in [1.165, 1.54) is 18.2 Å². The summed E-state index contributed by atoms with van der Waals surface area (Å²) in [6.45, 7) is -1.98. The van der Waals surface area contributed by atoms with Crippen LogP contribution in [0.2, 0.25) is 0 Å². The summed E-state index contributed by atoms with van der Waals surface area (Å²) >= 11 is 0. The molecule has 1 saturated heterocycles. The number of carboxylic acid groups (broad SMARTS) is 1. The predicted octanol–water partition coefficient (Wildman–Crippen LogP) is -0.101. The summed E-state index contributed by atoms with van der Waals surface area (Å²) in [6.07, 6.45) is -0.186.